The summed E-state index contributed by atoms with van der Waals surface area (Å²) in [7, 11) is 0. The molecular formula is C15H18N2. The van der Waals surface area contributed by atoms with Gasteiger partial charge in [0.25, 0.3) is 0 Å². The van der Waals surface area contributed by atoms with Crippen molar-refractivity contribution >= 4 is 0 Å². The summed E-state index contributed by atoms with van der Waals surface area (Å²) in [5.41, 5.74) is 3.74. The minimum Gasteiger partial charge on any atom is -0.264 e. The fraction of sp³-hybridized carbons (Fsp3) is 0.333. The van der Waals surface area contributed by atoms with Crippen molar-refractivity contribution in [3.8, 4) is 0 Å². The highest BCUT2D eigenvalue weighted by Gasteiger charge is 2.07. The number of hydrogen-bond acceptors (Lipinski definition) is 2. The number of aromatic nitrogens is 2. The standard InChI is InChI=1S/C15H18N2/c1-3-13-9-14(11-16-10-13)8-12(2)15-6-4-5-7-17-15/h4-7,9-12H,3,8H2,1-2H3. The third kappa shape index (κ3) is 3.13. The first-order chi connectivity index (χ1) is 8.29. The van der Waals surface area contributed by atoms with E-state index in [4.69, 9.17) is 0 Å². The summed E-state index contributed by atoms with van der Waals surface area (Å²) in [5.74, 6) is 0.435. The van der Waals surface area contributed by atoms with E-state index in [-0.39, 0.29) is 0 Å². The van der Waals surface area contributed by atoms with E-state index in [0.29, 0.717) is 5.92 Å². The van der Waals surface area contributed by atoms with Gasteiger partial charge in [-0.25, -0.2) is 0 Å². The normalized spacial score (nSPS) is 12.4. The van der Waals surface area contributed by atoms with Crippen LogP contribution in [0.1, 0.15) is 36.6 Å². The third-order valence-corrected chi connectivity index (χ3v) is 2.99. The van der Waals surface area contributed by atoms with Gasteiger partial charge in [-0.1, -0.05) is 26.0 Å². The maximum atomic E-state index is 4.40. The Morgan fingerprint density at radius 2 is 2.00 bits per heavy atom. The summed E-state index contributed by atoms with van der Waals surface area (Å²) < 4.78 is 0. The summed E-state index contributed by atoms with van der Waals surface area (Å²) in [5, 5.41) is 0. The van der Waals surface area contributed by atoms with Crippen LogP contribution in [0.5, 0.6) is 0 Å². The molecule has 88 valence electrons. The van der Waals surface area contributed by atoms with Crippen LogP contribution in [0.4, 0.5) is 0 Å². The summed E-state index contributed by atoms with van der Waals surface area (Å²) in [6.07, 6.45) is 7.79. The largest absolute Gasteiger partial charge is 0.264 e. The van der Waals surface area contributed by atoms with E-state index < -0.39 is 0 Å². The molecule has 2 aromatic heterocycles. The highest BCUT2D eigenvalue weighted by Crippen LogP contribution is 2.18. The number of hydrogen-bond donors (Lipinski definition) is 0. The van der Waals surface area contributed by atoms with Crippen LogP contribution in [0.15, 0.2) is 42.9 Å². The molecule has 0 N–H and O–H groups in total. The summed E-state index contributed by atoms with van der Waals surface area (Å²) in [6, 6.07) is 8.32. The molecule has 0 amide bonds. The number of aryl methyl sites for hydroxylation is 1. The molecule has 0 aliphatic rings. The Bertz CT molecular complexity index is 465. The zero-order valence-corrected chi connectivity index (χ0v) is 10.4. The van der Waals surface area contributed by atoms with Gasteiger partial charge in [0.1, 0.15) is 0 Å². The van der Waals surface area contributed by atoms with Crippen LogP contribution in [0.3, 0.4) is 0 Å². The predicted octanol–water partition coefficient (Wildman–Crippen LogP) is 3.39. The quantitative estimate of drug-likeness (QED) is 0.798. The average molecular weight is 226 g/mol. The van der Waals surface area contributed by atoms with E-state index >= 15 is 0 Å². The zero-order chi connectivity index (χ0) is 12.1. The number of rotatable bonds is 4. The van der Waals surface area contributed by atoms with Crippen LogP contribution in [0.2, 0.25) is 0 Å². The molecule has 0 radical (unpaired) electrons. The SMILES string of the molecule is CCc1cncc(CC(C)c2ccccn2)c1. The Kier molecular flexibility index (Phi) is 3.86. The van der Waals surface area contributed by atoms with Gasteiger partial charge >= 0.3 is 0 Å². The van der Waals surface area contributed by atoms with Gasteiger partial charge in [0.2, 0.25) is 0 Å². The molecule has 0 spiro atoms. The second-order valence-corrected chi connectivity index (χ2v) is 4.41. The maximum absolute atomic E-state index is 4.40. The molecule has 2 rings (SSSR count). The summed E-state index contributed by atoms with van der Waals surface area (Å²) in [4.78, 5) is 8.68. The molecule has 0 aliphatic heterocycles. The fourth-order valence-corrected chi connectivity index (χ4v) is 1.97. The first-order valence-electron chi connectivity index (χ1n) is 6.13. The Labute approximate surface area is 103 Å². The first-order valence-corrected chi connectivity index (χ1v) is 6.13. The Morgan fingerprint density at radius 1 is 1.18 bits per heavy atom. The van der Waals surface area contributed by atoms with E-state index in [1.807, 2.05) is 30.7 Å². The molecule has 0 aliphatic carbocycles. The average Bonchev–Trinajstić information content (AvgIpc) is 2.40. The molecule has 1 atom stereocenters. The van der Waals surface area contributed by atoms with Gasteiger partial charge in [0.05, 0.1) is 0 Å². The maximum Gasteiger partial charge on any atom is 0.0435 e. The van der Waals surface area contributed by atoms with Crippen LogP contribution >= 0.6 is 0 Å². The van der Waals surface area contributed by atoms with Gasteiger partial charge < -0.3 is 0 Å². The first kappa shape index (κ1) is 11.8. The highest BCUT2D eigenvalue weighted by atomic mass is 14.7. The second-order valence-electron chi connectivity index (χ2n) is 4.41. The smallest absolute Gasteiger partial charge is 0.0435 e. The molecule has 0 saturated carbocycles. The number of pyridine rings is 2. The molecule has 0 fully saturated rings. The van der Waals surface area contributed by atoms with Crippen LogP contribution in [0, 0.1) is 0 Å². The molecule has 2 aromatic rings. The highest BCUT2D eigenvalue weighted by molar-refractivity contribution is 5.21. The van der Waals surface area contributed by atoms with Crippen molar-refractivity contribution in [3.63, 3.8) is 0 Å². The van der Waals surface area contributed by atoms with E-state index in [2.05, 4.69) is 35.9 Å². The van der Waals surface area contributed by atoms with Crippen LogP contribution in [-0.2, 0) is 12.8 Å². The van der Waals surface area contributed by atoms with Gasteiger partial charge in [-0.15, -0.1) is 0 Å². The lowest BCUT2D eigenvalue weighted by Gasteiger charge is -2.11. The van der Waals surface area contributed by atoms with Crippen molar-refractivity contribution in [3.05, 3.63) is 59.7 Å². The lowest BCUT2D eigenvalue weighted by atomic mass is 9.97. The van der Waals surface area contributed by atoms with Crippen molar-refractivity contribution in [2.75, 3.05) is 0 Å². The Balaban J connectivity index is 2.10. The lowest BCUT2D eigenvalue weighted by molar-refractivity contribution is 0.727. The van der Waals surface area contributed by atoms with Crippen molar-refractivity contribution in [1.29, 1.82) is 0 Å². The monoisotopic (exact) mass is 226 g/mol. The lowest BCUT2D eigenvalue weighted by Crippen LogP contribution is -2.01. The van der Waals surface area contributed by atoms with Crippen molar-refractivity contribution in [1.82, 2.24) is 9.97 Å². The Hall–Kier alpha value is -1.70. The van der Waals surface area contributed by atoms with E-state index in [1.165, 1.54) is 11.1 Å². The predicted molar refractivity (Wildman–Crippen MR) is 70.0 cm³/mol. The minimum atomic E-state index is 0.435. The molecule has 1 unspecified atom stereocenters. The van der Waals surface area contributed by atoms with Gasteiger partial charge in [0.15, 0.2) is 0 Å². The van der Waals surface area contributed by atoms with Crippen LogP contribution in [-0.4, -0.2) is 9.97 Å². The van der Waals surface area contributed by atoms with E-state index in [9.17, 15) is 0 Å². The van der Waals surface area contributed by atoms with Crippen LogP contribution < -0.4 is 0 Å². The van der Waals surface area contributed by atoms with Gasteiger partial charge in [-0.3, -0.25) is 9.97 Å². The fourth-order valence-electron chi connectivity index (χ4n) is 1.97. The molecule has 2 nitrogen and oxygen atoms in total. The van der Waals surface area contributed by atoms with Crippen molar-refractivity contribution in [2.24, 2.45) is 0 Å². The van der Waals surface area contributed by atoms with E-state index in [1.54, 1.807) is 0 Å². The molecule has 17 heavy (non-hydrogen) atoms. The molecule has 0 bridgehead atoms. The summed E-state index contributed by atoms with van der Waals surface area (Å²) >= 11 is 0. The second kappa shape index (κ2) is 5.58. The molecule has 0 aromatic carbocycles. The van der Waals surface area contributed by atoms with Gasteiger partial charge in [-0.2, -0.15) is 0 Å². The Morgan fingerprint density at radius 3 is 2.71 bits per heavy atom. The van der Waals surface area contributed by atoms with Gasteiger partial charge in [-0.05, 0) is 36.1 Å². The van der Waals surface area contributed by atoms with Crippen molar-refractivity contribution in [2.45, 2.75) is 32.6 Å². The zero-order valence-electron chi connectivity index (χ0n) is 10.4. The van der Waals surface area contributed by atoms with Crippen molar-refractivity contribution < 1.29 is 0 Å². The van der Waals surface area contributed by atoms with Crippen LogP contribution in [0.25, 0.3) is 0 Å². The third-order valence-electron chi connectivity index (χ3n) is 2.99. The summed E-state index contributed by atoms with van der Waals surface area (Å²) in [6.45, 7) is 4.37. The topological polar surface area (TPSA) is 25.8 Å². The molecule has 0 saturated heterocycles. The molecular weight excluding hydrogens is 208 g/mol. The van der Waals surface area contributed by atoms with Gasteiger partial charge in [0, 0.05) is 30.2 Å². The van der Waals surface area contributed by atoms with E-state index in [0.717, 1.165) is 18.5 Å². The molecule has 2 heterocycles. The number of nitrogens with zero attached hydrogens (tertiary/aromatic N) is 2. The molecule has 2 heteroatoms. The minimum absolute atomic E-state index is 0.435.